The van der Waals surface area contributed by atoms with Gasteiger partial charge in [-0.15, -0.1) is 0 Å². The molecule has 0 radical (unpaired) electrons. The van der Waals surface area contributed by atoms with E-state index in [0.717, 1.165) is 6.42 Å². The van der Waals surface area contributed by atoms with E-state index in [0.29, 0.717) is 6.42 Å². The molecule has 0 N–H and O–H groups in total. The van der Waals surface area contributed by atoms with E-state index in [4.69, 9.17) is 9.16 Å². The summed E-state index contributed by atoms with van der Waals surface area (Å²) in [6, 6.07) is 0. The molecule has 0 aromatic carbocycles. The normalized spacial score (nSPS) is 27.8. The van der Waals surface area contributed by atoms with Crippen LogP contribution in [0.15, 0.2) is 0 Å². The zero-order valence-corrected chi connectivity index (χ0v) is 12.3. The van der Waals surface area contributed by atoms with Crippen molar-refractivity contribution in [2.24, 2.45) is 0 Å². The van der Waals surface area contributed by atoms with Crippen molar-refractivity contribution < 1.29 is 14.0 Å². The summed E-state index contributed by atoms with van der Waals surface area (Å²) in [6.07, 6.45) is 1.29. The van der Waals surface area contributed by atoms with E-state index in [1.807, 2.05) is 6.92 Å². The van der Waals surface area contributed by atoms with Gasteiger partial charge in [0.2, 0.25) is 0 Å². The van der Waals surface area contributed by atoms with Crippen molar-refractivity contribution in [2.75, 3.05) is 0 Å². The number of esters is 1. The van der Waals surface area contributed by atoms with Gasteiger partial charge in [0.1, 0.15) is 6.10 Å². The van der Waals surface area contributed by atoms with Crippen LogP contribution in [0.5, 0.6) is 0 Å². The third-order valence-electron chi connectivity index (χ3n) is 3.59. The van der Waals surface area contributed by atoms with E-state index in [1.165, 1.54) is 0 Å². The molecule has 1 rings (SSSR count). The van der Waals surface area contributed by atoms with Crippen LogP contribution in [0.25, 0.3) is 0 Å². The molecule has 1 aliphatic heterocycles. The summed E-state index contributed by atoms with van der Waals surface area (Å²) in [6.45, 7) is 13.0. The van der Waals surface area contributed by atoms with Crippen LogP contribution in [0.2, 0.25) is 18.1 Å². The highest BCUT2D eigenvalue weighted by Crippen LogP contribution is 2.38. The van der Waals surface area contributed by atoms with Crippen LogP contribution in [-0.2, 0) is 14.0 Å². The molecule has 4 heteroatoms. The van der Waals surface area contributed by atoms with Gasteiger partial charge in [-0.25, -0.2) is 0 Å². The Hall–Kier alpha value is -0.353. The quantitative estimate of drug-likeness (QED) is 0.553. The van der Waals surface area contributed by atoms with E-state index in [9.17, 15) is 4.79 Å². The number of hydrogen-bond acceptors (Lipinski definition) is 3. The fraction of sp³-hybridized carbons (Fsp3) is 0.917. The highest BCUT2D eigenvalue weighted by atomic mass is 28.4. The molecule has 1 saturated heterocycles. The summed E-state index contributed by atoms with van der Waals surface area (Å²) < 4.78 is 11.3. The summed E-state index contributed by atoms with van der Waals surface area (Å²) in [5, 5.41) is 0.192. The van der Waals surface area contributed by atoms with Crippen molar-refractivity contribution in [1.82, 2.24) is 0 Å². The van der Waals surface area contributed by atoms with Crippen molar-refractivity contribution in [3.05, 3.63) is 0 Å². The predicted molar refractivity (Wildman–Crippen MR) is 66.9 cm³/mol. The lowest BCUT2D eigenvalue weighted by Gasteiger charge is -2.40. The molecule has 0 amide bonds. The first-order valence-electron chi connectivity index (χ1n) is 5.99. The predicted octanol–water partition coefficient (Wildman–Crippen LogP) is 3.10. The van der Waals surface area contributed by atoms with Gasteiger partial charge < -0.3 is 9.16 Å². The lowest BCUT2D eigenvalue weighted by molar-refractivity contribution is -0.157. The lowest BCUT2D eigenvalue weighted by Crippen LogP contribution is -2.46. The molecule has 0 aromatic rings. The molecule has 3 nitrogen and oxygen atoms in total. The molecule has 1 heterocycles. The molecular weight excluding hydrogens is 220 g/mol. The summed E-state index contributed by atoms with van der Waals surface area (Å²) in [4.78, 5) is 11.3. The van der Waals surface area contributed by atoms with Crippen molar-refractivity contribution >= 4 is 14.3 Å². The van der Waals surface area contributed by atoms with E-state index >= 15 is 0 Å². The second kappa shape index (κ2) is 4.49. The van der Waals surface area contributed by atoms with Crippen molar-refractivity contribution in [3.8, 4) is 0 Å². The van der Waals surface area contributed by atoms with Crippen molar-refractivity contribution in [2.45, 2.75) is 70.9 Å². The Bertz CT molecular complexity index is 268. The lowest BCUT2D eigenvalue weighted by atomic mass is 10.1. The third-order valence-corrected chi connectivity index (χ3v) is 8.12. The molecule has 2 unspecified atom stereocenters. The van der Waals surface area contributed by atoms with Gasteiger partial charge >= 0.3 is 5.97 Å². The number of cyclic esters (lactones) is 1. The largest absolute Gasteiger partial charge is 0.462 e. The maximum Gasteiger partial charge on any atom is 0.308 e. The van der Waals surface area contributed by atoms with Gasteiger partial charge in [0, 0.05) is 6.42 Å². The minimum absolute atomic E-state index is 0.00369. The van der Waals surface area contributed by atoms with Gasteiger partial charge in [-0.3, -0.25) is 4.79 Å². The Morgan fingerprint density at radius 3 is 2.38 bits per heavy atom. The van der Waals surface area contributed by atoms with Gasteiger partial charge in [-0.2, -0.15) is 0 Å². The number of hydrogen-bond donors (Lipinski definition) is 0. The highest BCUT2D eigenvalue weighted by molar-refractivity contribution is 6.74. The fourth-order valence-corrected chi connectivity index (χ4v) is 3.01. The molecule has 2 atom stereocenters. The Labute approximate surface area is 99.6 Å². The Morgan fingerprint density at radius 1 is 1.38 bits per heavy atom. The van der Waals surface area contributed by atoms with E-state index in [1.54, 1.807) is 0 Å². The van der Waals surface area contributed by atoms with Gasteiger partial charge in [-0.1, -0.05) is 20.8 Å². The molecule has 0 aliphatic carbocycles. The molecular formula is C12H24O3Si. The SMILES string of the molecule is CC1CC(O[Si](C)(C)C(C)(C)C)CC(=O)O1. The van der Waals surface area contributed by atoms with Crippen molar-refractivity contribution in [1.29, 1.82) is 0 Å². The number of carbonyl (C=O) groups excluding carboxylic acids is 1. The van der Waals surface area contributed by atoms with Crippen LogP contribution in [0.4, 0.5) is 0 Å². The molecule has 0 spiro atoms. The third kappa shape index (κ3) is 3.32. The molecule has 1 aliphatic rings. The molecule has 1 fully saturated rings. The molecule has 0 saturated carbocycles. The van der Waals surface area contributed by atoms with Gasteiger partial charge in [-0.05, 0) is 25.1 Å². The first-order chi connectivity index (χ1) is 7.12. The average Bonchev–Trinajstić information content (AvgIpc) is 1.97. The highest BCUT2D eigenvalue weighted by Gasteiger charge is 2.40. The van der Waals surface area contributed by atoms with Gasteiger partial charge in [0.05, 0.1) is 12.5 Å². The maximum absolute atomic E-state index is 11.3. The second-order valence-corrected chi connectivity index (χ2v) is 11.0. The Balaban J connectivity index is 2.63. The van der Waals surface area contributed by atoms with Crippen LogP contribution in [0, 0.1) is 0 Å². The zero-order chi connectivity index (χ0) is 12.6. The maximum atomic E-state index is 11.3. The number of carbonyl (C=O) groups is 1. The average molecular weight is 244 g/mol. The first-order valence-corrected chi connectivity index (χ1v) is 8.90. The minimum atomic E-state index is -1.76. The van der Waals surface area contributed by atoms with Crippen LogP contribution >= 0.6 is 0 Å². The van der Waals surface area contributed by atoms with Crippen LogP contribution < -0.4 is 0 Å². The minimum Gasteiger partial charge on any atom is -0.462 e. The molecule has 16 heavy (non-hydrogen) atoms. The van der Waals surface area contributed by atoms with Gasteiger partial charge in [0.25, 0.3) is 0 Å². The molecule has 0 bridgehead atoms. The zero-order valence-electron chi connectivity index (χ0n) is 11.3. The van der Waals surface area contributed by atoms with E-state index in [-0.39, 0.29) is 23.2 Å². The molecule has 94 valence electrons. The molecule has 0 aromatic heterocycles. The van der Waals surface area contributed by atoms with Crippen LogP contribution in [-0.4, -0.2) is 26.5 Å². The number of ether oxygens (including phenoxy) is 1. The first kappa shape index (κ1) is 13.7. The topological polar surface area (TPSA) is 35.5 Å². The number of rotatable bonds is 2. The summed E-state index contributed by atoms with van der Waals surface area (Å²) >= 11 is 0. The Morgan fingerprint density at radius 2 is 1.94 bits per heavy atom. The monoisotopic (exact) mass is 244 g/mol. The van der Waals surface area contributed by atoms with Crippen molar-refractivity contribution in [3.63, 3.8) is 0 Å². The van der Waals surface area contributed by atoms with E-state index < -0.39 is 8.32 Å². The smallest absolute Gasteiger partial charge is 0.308 e. The summed E-state index contributed by atoms with van der Waals surface area (Å²) in [5.41, 5.74) is 0. The van der Waals surface area contributed by atoms with Crippen LogP contribution in [0.1, 0.15) is 40.5 Å². The standard InChI is InChI=1S/C12H24O3Si/c1-9-7-10(8-11(13)14-9)15-16(5,6)12(2,3)4/h9-10H,7-8H2,1-6H3. The van der Waals surface area contributed by atoms with Gasteiger partial charge in [0.15, 0.2) is 8.32 Å². The van der Waals surface area contributed by atoms with Crippen LogP contribution in [0.3, 0.4) is 0 Å². The summed E-state index contributed by atoms with van der Waals surface area (Å²) in [7, 11) is -1.76. The van der Waals surface area contributed by atoms with E-state index in [2.05, 4.69) is 33.9 Å². The fourth-order valence-electron chi connectivity index (χ4n) is 1.64. The Kier molecular flexibility index (Phi) is 3.85. The second-order valence-electron chi connectivity index (χ2n) is 6.24. The summed E-state index contributed by atoms with van der Waals surface area (Å²) in [5.74, 6) is -0.123.